The molecule has 1 heterocycles. The van der Waals surface area contributed by atoms with E-state index in [1.165, 1.54) is 4.88 Å². The zero-order chi connectivity index (χ0) is 14.0. The fourth-order valence-corrected chi connectivity index (χ4v) is 3.06. The summed E-state index contributed by atoms with van der Waals surface area (Å²) in [7, 11) is 0. The van der Waals surface area contributed by atoms with Crippen molar-refractivity contribution in [1.29, 1.82) is 0 Å². The second kappa shape index (κ2) is 6.01. The number of hydrazine groups is 1. The Kier molecular flexibility index (Phi) is 4.58. The van der Waals surface area contributed by atoms with Crippen molar-refractivity contribution in [1.82, 2.24) is 10.4 Å². The van der Waals surface area contributed by atoms with Crippen LogP contribution in [0.25, 0.3) is 0 Å². The highest BCUT2D eigenvalue weighted by Gasteiger charge is 2.14. The van der Waals surface area contributed by atoms with Crippen molar-refractivity contribution in [3.63, 3.8) is 0 Å². The molecule has 0 amide bonds. The van der Waals surface area contributed by atoms with Crippen LogP contribution in [0.5, 0.6) is 0 Å². The van der Waals surface area contributed by atoms with Crippen LogP contribution in [-0.2, 0) is 6.42 Å². The molecule has 0 spiro atoms. The fourth-order valence-electron chi connectivity index (χ4n) is 1.96. The molecule has 0 radical (unpaired) electrons. The maximum atomic E-state index is 6.05. The van der Waals surface area contributed by atoms with Gasteiger partial charge in [-0.2, -0.15) is 0 Å². The first-order chi connectivity index (χ1) is 9.01. The topological polar surface area (TPSA) is 50.9 Å². The molecule has 1 aromatic carbocycles. The molecule has 1 aromatic heterocycles. The molecule has 0 aliphatic carbocycles. The minimum Gasteiger partial charge on any atom is -0.271 e. The predicted molar refractivity (Wildman–Crippen MR) is 81.5 cm³/mol. The minimum absolute atomic E-state index is 0.0564. The van der Waals surface area contributed by atoms with E-state index in [9.17, 15) is 0 Å². The van der Waals surface area contributed by atoms with Gasteiger partial charge in [-0.05, 0) is 38.0 Å². The Hall–Kier alpha value is -0.940. The summed E-state index contributed by atoms with van der Waals surface area (Å²) in [5.41, 5.74) is 6.16. The standard InChI is InChI=1S/C14H18ClN3S/c1-8-6-11(4-5-12(8)15)13(18-16)7-14-17-9(2)10(3)19-14/h4-6,13,18H,7,16H2,1-3H3. The lowest BCUT2D eigenvalue weighted by Gasteiger charge is -2.16. The molecule has 3 N–H and O–H groups in total. The number of thiazole rings is 1. The first-order valence-corrected chi connectivity index (χ1v) is 7.35. The molecule has 0 aliphatic rings. The first-order valence-electron chi connectivity index (χ1n) is 6.16. The van der Waals surface area contributed by atoms with Crippen molar-refractivity contribution in [2.75, 3.05) is 0 Å². The fraction of sp³-hybridized carbons (Fsp3) is 0.357. The average molecular weight is 296 g/mol. The van der Waals surface area contributed by atoms with E-state index in [4.69, 9.17) is 17.4 Å². The van der Waals surface area contributed by atoms with E-state index in [1.54, 1.807) is 11.3 Å². The zero-order valence-corrected chi connectivity index (χ0v) is 12.9. The van der Waals surface area contributed by atoms with Gasteiger partial charge in [-0.25, -0.2) is 4.98 Å². The van der Waals surface area contributed by atoms with E-state index in [0.717, 1.165) is 33.3 Å². The van der Waals surface area contributed by atoms with Crippen LogP contribution in [0.3, 0.4) is 0 Å². The van der Waals surface area contributed by atoms with Crippen molar-refractivity contribution in [3.05, 3.63) is 49.9 Å². The van der Waals surface area contributed by atoms with Gasteiger partial charge in [0.05, 0.1) is 16.7 Å². The summed E-state index contributed by atoms with van der Waals surface area (Å²) in [4.78, 5) is 5.82. The second-order valence-electron chi connectivity index (χ2n) is 4.68. The third-order valence-electron chi connectivity index (χ3n) is 3.24. The Morgan fingerprint density at radius 1 is 1.37 bits per heavy atom. The molecule has 2 aromatic rings. The van der Waals surface area contributed by atoms with E-state index in [-0.39, 0.29) is 6.04 Å². The van der Waals surface area contributed by atoms with Crippen LogP contribution in [-0.4, -0.2) is 4.98 Å². The first kappa shape index (κ1) is 14.5. The summed E-state index contributed by atoms with van der Waals surface area (Å²) < 4.78 is 0. The number of nitrogens with one attached hydrogen (secondary N) is 1. The SMILES string of the molecule is Cc1cc(C(Cc2nc(C)c(C)s2)NN)ccc1Cl. The van der Waals surface area contributed by atoms with Gasteiger partial charge in [0.15, 0.2) is 0 Å². The van der Waals surface area contributed by atoms with Crippen LogP contribution >= 0.6 is 22.9 Å². The number of hydrogen-bond donors (Lipinski definition) is 2. The molecule has 1 unspecified atom stereocenters. The lowest BCUT2D eigenvalue weighted by atomic mass is 10.0. The molecule has 0 saturated heterocycles. The molecule has 0 fully saturated rings. The van der Waals surface area contributed by atoms with Crippen LogP contribution in [0.4, 0.5) is 0 Å². The molecule has 0 saturated carbocycles. The second-order valence-corrected chi connectivity index (χ2v) is 6.38. The number of hydrogen-bond acceptors (Lipinski definition) is 4. The van der Waals surface area contributed by atoms with Gasteiger partial charge in [-0.3, -0.25) is 11.3 Å². The molecule has 1 atom stereocenters. The highest BCUT2D eigenvalue weighted by Crippen LogP contribution is 2.25. The highest BCUT2D eigenvalue weighted by atomic mass is 35.5. The van der Waals surface area contributed by atoms with Crippen molar-refractivity contribution >= 4 is 22.9 Å². The van der Waals surface area contributed by atoms with Gasteiger partial charge in [-0.15, -0.1) is 11.3 Å². The molecular formula is C14H18ClN3S. The number of aryl methyl sites for hydroxylation is 3. The molecule has 2 rings (SSSR count). The van der Waals surface area contributed by atoms with Gasteiger partial charge >= 0.3 is 0 Å². The summed E-state index contributed by atoms with van der Waals surface area (Å²) in [5.74, 6) is 5.68. The minimum atomic E-state index is 0.0564. The molecule has 102 valence electrons. The van der Waals surface area contributed by atoms with E-state index in [1.807, 2.05) is 26.0 Å². The predicted octanol–water partition coefficient (Wildman–Crippen LogP) is 3.47. The third kappa shape index (κ3) is 3.34. The lowest BCUT2D eigenvalue weighted by Crippen LogP contribution is -2.29. The number of nitrogens with zero attached hydrogens (tertiary/aromatic N) is 1. The van der Waals surface area contributed by atoms with Gasteiger partial charge < -0.3 is 0 Å². The lowest BCUT2D eigenvalue weighted by molar-refractivity contribution is 0.550. The summed E-state index contributed by atoms with van der Waals surface area (Å²) in [5, 5.41) is 1.88. The zero-order valence-electron chi connectivity index (χ0n) is 11.3. The summed E-state index contributed by atoms with van der Waals surface area (Å²) >= 11 is 7.78. The van der Waals surface area contributed by atoms with Crippen molar-refractivity contribution in [2.45, 2.75) is 33.2 Å². The maximum Gasteiger partial charge on any atom is 0.0950 e. The molecular weight excluding hydrogens is 278 g/mol. The smallest absolute Gasteiger partial charge is 0.0950 e. The largest absolute Gasteiger partial charge is 0.271 e. The third-order valence-corrected chi connectivity index (χ3v) is 4.76. The summed E-state index contributed by atoms with van der Waals surface area (Å²) in [6, 6.07) is 6.04. The van der Waals surface area contributed by atoms with Crippen LogP contribution in [0.15, 0.2) is 18.2 Å². The molecule has 3 nitrogen and oxygen atoms in total. The number of aromatic nitrogens is 1. The average Bonchev–Trinajstić information content (AvgIpc) is 2.69. The van der Waals surface area contributed by atoms with Crippen LogP contribution < -0.4 is 11.3 Å². The Labute approximate surface area is 122 Å². The van der Waals surface area contributed by atoms with Crippen LogP contribution in [0, 0.1) is 20.8 Å². The summed E-state index contributed by atoms with van der Waals surface area (Å²) in [6.45, 7) is 6.12. The van der Waals surface area contributed by atoms with Gasteiger partial charge in [0.2, 0.25) is 0 Å². The summed E-state index contributed by atoms with van der Waals surface area (Å²) in [6.07, 6.45) is 0.789. The van der Waals surface area contributed by atoms with Crippen LogP contribution in [0.2, 0.25) is 5.02 Å². The monoisotopic (exact) mass is 295 g/mol. The quantitative estimate of drug-likeness (QED) is 0.671. The molecule has 0 aliphatic heterocycles. The van der Waals surface area contributed by atoms with Crippen molar-refractivity contribution in [2.24, 2.45) is 5.84 Å². The van der Waals surface area contributed by atoms with Crippen molar-refractivity contribution in [3.8, 4) is 0 Å². The molecule has 5 heteroatoms. The molecule has 0 bridgehead atoms. The van der Waals surface area contributed by atoms with Crippen LogP contribution in [0.1, 0.15) is 32.7 Å². The van der Waals surface area contributed by atoms with Gasteiger partial charge in [0.25, 0.3) is 0 Å². The Bertz CT molecular complexity index is 561. The molecule has 19 heavy (non-hydrogen) atoms. The Balaban J connectivity index is 2.22. The van der Waals surface area contributed by atoms with E-state index in [0.29, 0.717) is 0 Å². The van der Waals surface area contributed by atoms with Crippen molar-refractivity contribution < 1.29 is 0 Å². The number of nitrogens with two attached hydrogens (primary N) is 1. The van der Waals surface area contributed by atoms with E-state index >= 15 is 0 Å². The van der Waals surface area contributed by atoms with Gasteiger partial charge in [0, 0.05) is 16.3 Å². The normalized spacial score (nSPS) is 12.7. The Morgan fingerprint density at radius 3 is 2.63 bits per heavy atom. The van der Waals surface area contributed by atoms with E-state index < -0.39 is 0 Å². The van der Waals surface area contributed by atoms with Gasteiger partial charge in [0.1, 0.15) is 0 Å². The number of rotatable bonds is 4. The Morgan fingerprint density at radius 2 is 2.11 bits per heavy atom. The van der Waals surface area contributed by atoms with E-state index in [2.05, 4.69) is 23.4 Å². The number of benzene rings is 1. The maximum absolute atomic E-state index is 6.05. The van der Waals surface area contributed by atoms with Gasteiger partial charge in [-0.1, -0.05) is 23.7 Å². The highest BCUT2D eigenvalue weighted by molar-refractivity contribution is 7.11. The number of halogens is 1.